The van der Waals surface area contributed by atoms with E-state index in [0.29, 0.717) is 18.0 Å². The van der Waals surface area contributed by atoms with Gasteiger partial charge in [-0.3, -0.25) is 9.36 Å². The quantitative estimate of drug-likeness (QED) is 0.398. The maximum Gasteiger partial charge on any atom is 0.219 e. The van der Waals surface area contributed by atoms with Crippen LogP contribution in [0.2, 0.25) is 0 Å². The number of unbranched alkanes of at least 4 members (excludes halogenated alkanes) is 1. The number of benzene rings is 1. The maximum atomic E-state index is 11.7. The zero-order valence-electron chi connectivity index (χ0n) is 16.4. The Morgan fingerprint density at radius 1 is 1.21 bits per heavy atom. The Balaban J connectivity index is 1.67. The number of carbonyl (C=O) groups is 1. The Labute approximate surface area is 169 Å². The molecule has 2 aromatic heterocycles. The van der Waals surface area contributed by atoms with Gasteiger partial charge >= 0.3 is 0 Å². The van der Waals surface area contributed by atoms with Gasteiger partial charge in [0.25, 0.3) is 0 Å². The lowest BCUT2D eigenvalue weighted by molar-refractivity contribution is -0.121. The second-order valence-electron chi connectivity index (χ2n) is 6.61. The van der Waals surface area contributed by atoms with Gasteiger partial charge in [0.1, 0.15) is 0 Å². The highest BCUT2D eigenvalue weighted by molar-refractivity contribution is 7.99. The van der Waals surface area contributed by atoms with E-state index in [4.69, 9.17) is 4.42 Å². The van der Waals surface area contributed by atoms with Crippen LogP contribution >= 0.6 is 11.8 Å². The molecule has 28 heavy (non-hydrogen) atoms. The minimum atomic E-state index is 0.134. The Bertz CT molecular complexity index is 890. The molecule has 0 saturated heterocycles. The second-order valence-corrected chi connectivity index (χ2v) is 7.68. The van der Waals surface area contributed by atoms with Crippen molar-refractivity contribution in [3.63, 3.8) is 0 Å². The average molecular weight is 399 g/mol. The molecular formula is C21H26N4O2S. The highest BCUT2D eigenvalue weighted by Crippen LogP contribution is 2.29. The summed E-state index contributed by atoms with van der Waals surface area (Å²) in [6, 6.07) is 12.0. The van der Waals surface area contributed by atoms with Gasteiger partial charge in [-0.1, -0.05) is 30.8 Å². The van der Waals surface area contributed by atoms with Gasteiger partial charge in [-0.25, -0.2) is 0 Å². The van der Waals surface area contributed by atoms with E-state index in [0.717, 1.165) is 42.4 Å². The SMILES string of the molecule is CCCNC(=O)CCCCSc1nnc(-c2ccco2)n1-c1cccc(C)c1. The monoisotopic (exact) mass is 398 g/mol. The molecule has 1 N–H and O–H groups in total. The van der Waals surface area contributed by atoms with Crippen molar-refractivity contribution in [1.82, 2.24) is 20.1 Å². The predicted octanol–water partition coefficient (Wildman–Crippen LogP) is 4.62. The van der Waals surface area contributed by atoms with Gasteiger partial charge in [0, 0.05) is 18.7 Å². The number of rotatable bonds is 10. The highest BCUT2D eigenvalue weighted by atomic mass is 32.2. The first-order valence-electron chi connectivity index (χ1n) is 9.65. The number of aryl methyl sites for hydroxylation is 1. The van der Waals surface area contributed by atoms with Gasteiger partial charge in [-0.05, 0) is 56.0 Å². The fourth-order valence-electron chi connectivity index (χ4n) is 2.83. The lowest BCUT2D eigenvalue weighted by Gasteiger charge is -2.10. The van der Waals surface area contributed by atoms with Crippen molar-refractivity contribution in [1.29, 1.82) is 0 Å². The van der Waals surface area contributed by atoms with Crippen molar-refractivity contribution in [2.45, 2.75) is 44.7 Å². The van der Waals surface area contributed by atoms with Crippen molar-refractivity contribution in [3.8, 4) is 17.3 Å². The summed E-state index contributed by atoms with van der Waals surface area (Å²) in [4.78, 5) is 11.7. The third-order valence-corrected chi connectivity index (χ3v) is 5.25. The molecule has 7 heteroatoms. The van der Waals surface area contributed by atoms with E-state index < -0.39 is 0 Å². The van der Waals surface area contributed by atoms with E-state index in [1.54, 1.807) is 18.0 Å². The number of nitrogens with zero attached hydrogens (tertiary/aromatic N) is 3. The third-order valence-electron chi connectivity index (χ3n) is 4.24. The van der Waals surface area contributed by atoms with Gasteiger partial charge in [0.2, 0.25) is 11.7 Å². The molecule has 0 aliphatic heterocycles. The average Bonchev–Trinajstić information content (AvgIpc) is 3.35. The predicted molar refractivity (Wildman–Crippen MR) is 112 cm³/mol. The van der Waals surface area contributed by atoms with Crippen LogP contribution in [0.4, 0.5) is 0 Å². The van der Waals surface area contributed by atoms with Crippen LogP contribution in [-0.4, -0.2) is 33.0 Å². The summed E-state index contributed by atoms with van der Waals surface area (Å²) in [5.74, 6) is 2.39. The molecular weight excluding hydrogens is 372 g/mol. The smallest absolute Gasteiger partial charge is 0.219 e. The molecule has 3 aromatic rings. The molecule has 0 unspecified atom stereocenters. The van der Waals surface area contributed by atoms with Crippen molar-refractivity contribution < 1.29 is 9.21 Å². The van der Waals surface area contributed by atoms with Crippen molar-refractivity contribution in [2.75, 3.05) is 12.3 Å². The Kier molecular flexibility index (Phi) is 7.31. The summed E-state index contributed by atoms with van der Waals surface area (Å²) in [7, 11) is 0. The fraction of sp³-hybridized carbons (Fsp3) is 0.381. The molecule has 0 fully saturated rings. The van der Waals surface area contributed by atoms with Crippen LogP contribution in [0.5, 0.6) is 0 Å². The number of hydrogen-bond acceptors (Lipinski definition) is 5. The highest BCUT2D eigenvalue weighted by Gasteiger charge is 2.18. The summed E-state index contributed by atoms with van der Waals surface area (Å²) >= 11 is 1.65. The van der Waals surface area contributed by atoms with Gasteiger partial charge in [-0.15, -0.1) is 10.2 Å². The van der Waals surface area contributed by atoms with Gasteiger partial charge in [0.05, 0.1) is 12.0 Å². The topological polar surface area (TPSA) is 73.0 Å². The largest absolute Gasteiger partial charge is 0.461 e. The van der Waals surface area contributed by atoms with E-state index >= 15 is 0 Å². The van der Waals surface area contributed by atoms with Crippen LogP contribution in [0.15, 0.2) is 52.2 Å². The lowest BCUT2D eigenvalue weighted by Crippen LogP contribution is -2.23. The molecule has 0 aliphatic rings. The van der Waals surface area contributed by atoms with Crippen molar-refractivity contribution in [3.05, 3.63) is 48.2 Å². The first kappa shape index (κ1) is 20.2. The zero-order chi connectivity index (χ0) is 19.8. The van der Waals surface area contributed by atoms with Crippen molar-refractivity contribution in [2.24, 2.45) is 0 Å². The number of amides is 1. The fourth-order valence-corrected chi connectivity index (χ4v) is 3.78. The van der Waals surface area contributed by atoms with Crippen LogP contribution in [0, 0.1) is 6.92 Å². The molecule has 0 aliphatic carbocycles. The molecule has 1 aromatic carbocycles. The van der Waals surface area contributed by atoms with Crippen LogP contribution in [0.25, 0.3) is 17.3 Å². The van der Waals surface area contributed by atoms with E-state index in [2.05, 4.69) is 41.5 Å². The summed E-state index contributed by atoms with van der Waals surface area (Å²) in [5, 5.41) is 12.5. The first-order chi connectivity index (χ1) is 13.7. The molecule has 2 heterocycles. The van der Waals surface area contributed by atoms with Crippen molar-refractivity contribution >= 4 is 17.7 Å². The third kappa shape index (κ3) is 5.25. The minimum Gasteiger partial charge on any atom is -0.461 e. The molecule has 0 radical (unpaired) electrons. The zero-order valence-corrected chi connectivity index (χ0v) is 17.2. The van der Waals surface area contributed by atoms with E-state index in [-0.39, 0.29) is 5.91 Å². The van der Waals surface area contributed by atoms with E-state index in [1.807, 2.05) is 28.8 Å². The second kappa shape index (κ2) is 10.1. The number of furan rings is 1. The Hall–Kier alpha value is -2.54. The summed E-state index contributed by atoms with van der Waals surface area (Å²) in [6.45, 7) is 4.87. The number of thioether (sulfide) groups is 1. The van der Waals surface area contributed by atoms with Gasteiger partial charge in [-0.2, -0.15) is 0 Å². The van der Waals surface area contributed by atoms with Gasteiger partial charge < -0.3 is 9.73 Å². The van der Waals surface area contributed by atoms with E-state index in [9.17, 15) is 4.79 Å². The van der Waals surface area contributed by atoms with Crippen LogP contribution in [-0.2, 0) is 4.79 Å². The number of aromatic nitrogens is 3. The summed E-state index contributed by atoms with van der Waals surface area (Å²) in [6.07, 6.45) is 4.99. The standard InChI is InChI=1S/C21H26N4O2S/c1-3-12-22-19(26)11-4-5-14-28-21-24-23-20(18-10-7-13-27-18)25(21)17-9-6-8-16(2)15-17/h6-10,13,15H,3-5,11-12,14H2,1-2H3,(H,22,26). The normalized spacial score (nSPS) is 10.9. The molecule has 3 rings (SSSR count). The molecule has 0 saturated carbocycles. The lowest BCUT2D eigenvalue weighted by atomic mass is 10.2. The van der Waals surface area contributed by atoms with Crippen LogP contribution in [0.3, 0.4) is 0 Å². The molecule has 148 valence electrons. The van der Waals surface area contributed by atoms with Crippen LogP contribution in [0.1, 0.15) is 38.2 Å². The number of hydrogen-bond donors (Lipinski definition) is 1. The number of nitrogens with one attached hydrogen (secondary N) is 1. The first-order valence-corrected chi connectivity index (χ1v) is 10.6. The molecule has 1 amide bonds. The maximum absolute atomic E-state index is 11.7. The number of carbonyl (C=O) groups excluding carboxylic acids is 1. The van der Waals surface area contributed by atoms with Crippen LogP contribution < -0.4 is 5.32 Å². The molecule has 0 bridgehead atoms. The summed E-state index contributed by atoms with van der Waals surface area (Å²) in [5.41, 5.74) is 2.18. The summed E-state index contributed by atoms with van der Waals surface area (Å²) < 4.78 is 7.58. The molecule has 0 atom stereocenters. The van der Waals surface area contributed by atoms with Gasteiger partial charge in [0.15, 0.2) is 10.9 Å². The minimum absolute atomic E-state index is 0.134. The molecule has 6 nitrogen and oxygen atoms in total. The Morgan fingerprint density at radius 3 is 2.86 bits per heavy atom. The Morgan fingerprint density at radius 2 is 2.11 bits per heavy atom. The molecule has 0 spiro atoms. The van der Waals surface area contributed by atoms with E-state index in [1.165, 1.54) is 5.56 Å².